The Balaban J connectivity index is 1.50. The van der Waals surface area contributed by atoms with Crippen molar-refractivity contribution in [2.24, 2.45) is 17.6 Å². The first-order valence-electron chi connectivity index (χ1n) is 12.3. The van der Waals surface area contributed by atoms with Crippen LogP contribution in [-0.4, -0.2) is 55.3 Å². The minimum Gasteiger partial charge on any atom is -0.493 e. The van der Waals surface area contributed by atoms with Crippen LogP contribution in [0, 0.1) is 11.8 Å². The maximum atomic E-state index is 13.9. The van der Waals surface area contributed by atoms with E-state index in [1.54, 1.807) is 25.3 Å². The van der Waals surface area contributed by atoms with E-state index in [2.05, 4.69) is 10.6 Å². The van der Waals surface area contributed by atoms with Gasteiger partial charge >= 0.3 is 0 Å². The zero-order valence-corrected chi connectivity index (χ0v) is 21.0. The number of carbonyl (C=O) groups is 4. The summed E-state index contributed by atoms with van der Waals surface area (Å²) in [6.07, 6.45) is 0.908. The fourth-order valence-electron chi connectivity index (χ4n) is 6.13. The maximum absolute atomic E-state index is 13.9. The first-order chi connectivity index (χ1) is 17.8. The van der Waals surface area contributed by atoms with Gasteiger partial charge in [0.15, 0.2) is 11.5 Å². The third kappa shape index (κ3) is 3.66. The molecule has 2 aromatic carbocycles. The van der Waals surface area contributed by atoms with E-state index in [1.807, 2.05) is 25.1 Å². The Morgan fingerprint density at radius 3 is 2.51 bits per heavy atom. The predicted molar refractivity (Wildman–Crippen MR) is 134 cm³/mol. The van der Waals surface area contributed by atoms with Crippen molar-refractivity contribution in [1.29, 1.82) is 0 Å². The van der Waals surface area contributed by atoms with E-state index in [1.165, 1.54) is 12.0 Å². The van der Waals surface area contributed by atoms with E-state index in [9.17, 15) is 19.2 Å². The molecule has 2 saturated heterocycles. The molecule has 4 amide bonds. The lowest BCUT2D eigenvalue weighted by molar-refractivity contribution is -0.142. The van der Waals surface area contributed by atoms with Gasteiger partial charge in [-0.3, -0.25) is 29.4 Å². The van der Waals surface area contributed by atoms with Crippen molar-refractivity contribution in [2.75, 3.05) is 26.1 Å². The van der Waals surface area contributed by atoms with Crippen LogP contribution >= 0.6 is 0 Å². The number of carbonyl (C=O) groups excluding carboxylic acids is 4. The Hall–Kier alpha value is -3.92. The van der Waals surface area contributed by atoms with Gasteiger partial charge in [0.05, 0.1) is 26.1 Å². The van der Waals surface area contributed by atoms with Gasteiger partial charge in [-0.25, -0.2) is 0 Å². The van der Waals surface area contributed by atoms with Crippen LogP contribution in [0.25, 0.3) is 0 Å². The predicted octanol–water partition coefficient (Wildman–Crippen LogP) is 1.10. The molecule has 4 N–H and O–H groups in total. The molecule has 10 nitrogen and oxygen atoms in total. The highest BCUT2D eigenvalue weighted by atomic mass is 16.5. The van der Waals surface area contributed by atoms with Gasteiger partial charge in [0.2, 0.25) is 23.6 Å². The second-order valence-corrected chi connectivity index (χ2v) is 9.65. The summed E-state index contributed by atoms with van der Waals surface area (Å²) >= 11 is 0. The smallest absolute Gasteiger partial charge is 0.250 e. The number of aryl methyl sites for hydroxylation is 1. The number of methoxy groups -OCH3 is 2. The molecular formula is C27H30N4O6. The molecule has 0 aromatic heterocycles. The molecule has 0 bridgehead atoms. The summed E-state index contributed by atoms with van der Waals surface area (Å²) < 4.78 is 10.6. The second-order valence-electron chi connectivity index (χ2n) is 9.65. The van der Waals surface area contributed by atoms with Crippen LogP contribution < -0.4 is 25.8 Å². The second kappa shape index (κ2) is 9.19. The SMILES string of the molecule is CCc1cccc2c1NC(=O)C21NC(CC(N)=O)C2C(=O)N(CCc3ccc(OC)c(OC)c3)C(=O)C21. The van der Waals surface area contributed by atoms with Crippen molar-refractivity contribution in [3.63, 3.8) is 0 Å². The van der Waals surface area contributed by atoms with Crippen molar-refractivity contribution in [3.8, 4) is 11.5 Å². The van der Waals surface area contributed by atoms with E-state index in [0.717, 1.165) is 11.1 Å². The number of amides is 4. The van der Waals surface area contributed by atoms with Gasteiger partial charge in [-0.1, -0.05) is 31.2 Å². The molecular weight excluding hydrogens is 476 g/mol. The third-order valence-electron chi connectivity index (χ3n) is 7.80. The Kier molecular flexibility index (Phi) is 6.15. The van der Waals surface area contributed by atoms with E-state index in [-0.39, 0.29) is 13.0 Å². The molecule has 4 atom stereocenters. The zero-order chi connectivity index (χ0) is 26.5. The van der Waals surface area contributed by atoms with E-state index < -0.39 is 47.0 Å². The third-order valence-corrected chi connectivity index (χ3v) is 7.80. The molecule has 0 saturated carbocycles. The molecule has 0 radical (unpaired) electrons. The minimum absolute atomic E-state index is 0.128. The van der Waals surface area contributed by atoms with E-state index in [0.29, 0.717) is 35.6 Å². The first kappa shape index (κ1) is 24.8. The molecule has 1 spiro atoms. The van der Waals surface area contributed by atoms with E-state index in [4.69, 9.17) is 15.2 Å². The number of imide groups is 1. The molecule has 3 heterocycles. The number of hydrogen-bond donors (Lipinski definition) is 3. The van der Waals surface area contributed by atoms with Crippen LogP contribution in [0.15, 0.2) is 36.4 Å². The summed E-state index contributed by atoms with van der Waals surface area (Å²) in [5, 5.41) is 6.17. The van der Waals surface area contributed by atoms with Crippen LogP contribution in [0.4, 0.5) is 5.69 Å². The van der Waals surface area contributed by atoms with Crippen molar-refractivity contribution in [2.45, 2.75) is 37.8 Å². The number of primary amides is 1. The number of rotatable bonds is 8. The average molecular weight is 507 g/mol. The molecule has 3 aliphatic rings. The van der Waals surface area contributed by atoms with Gasteiger partial charge in [0, 0.05) is 30.3 Å². The Labute approximate surface area is 214 Å². The summed E-state index contributed by atoms with van der Waals surface area (Å²) in [5.74, 6) is -2.58. The summed E-state index contributed by atoms with van der Waals surface area (Å²) in [7, 11) is 3.08. The number of fused-ring (bicyclic) bond motifs is 4. The van der Waals surface area contributed by atoms with Crippen LogP contribution in [0.5, 0.6) is 11.5 Å². The van der Waals surface area contributed by atoms with Crippen molar-refractivity contribution >= 4 is 29.3 Å². The monoisotopic (exact) mass is 506 g/mol. The van der Waals surface area contributed by atoms with Gasteiger partial charge < -0.3 is 20.5 Å². The lowest BCUT2D eigenvalue weighted by atomic mass is 9.76. The number of ether oxygens (including phenoxy) is 2. The van der Waals surface area contributed by atoms with Gasteiger partial charge in [0.1, 0.15) is 5.54 Å². The molecule has 194 valence electrons. The summed E-state index contributed by atoms with van der Waals surface area (Å²) in [6, 6.07) is 10.2. The van der Waals surface area contributed by atoms with Crippen LogP contribution in [0.1, 0.15) is 30.0 Å². The number of nitrogens with zero attached hydrogens (tertiary/aromatic N) is 1. The molecule has 2 aromatic rings. The lowest BCUT2D eigenvalue weighted by Crippen LogP contribution is -2.53. The first-order valence-corrected chi connectivity index (χ1v) is 12.3. The Morgan fingerprint density at radius 2 is 1.84 bits per heavy atom. The molecule has 5 rings (SSSR count). The molecule has 2 fully saturated rings. The maximum Gasteiger partial charge on any atom is 0.250 e. The quantitative estimate of drug-likeness (QED) is 0.456. The van der Waals surface area contributed by atoms with Gasteiger partial charge in [-0.2, -0.15) is 0 Å². The highest BCUT2D eigenvalue weighted by Gasteiger charge is 2.70. The van der Waals surface area contributed by atoms with Crippen LogP contribution in [0.2, 0.25) is 0 Å². The molecule has 4 unspecified atom stereocenters. The standard InChI is InChI=1S/C27H30N4O6/c1-4-15-6-5-7-16-23(15)29-26(35)27(16)22-21(17(30-27)13-20(28)32)24(33)31(25(22)34)11-10-14-8-9-18(36-2)19(12-14)37-3/h5-9,12,17,21-22,30H,4,10-11,13H2,1-3H3,(H2,28,32)(H,29,35). The van der Waals surface area contributed by atoms with Crippen LogP contribution in [-0.2, 0) is 37.6 Å². The number of likely N-dealkylation sites (tertiary alicyclic amines) is 1. The highest BCUT2D eigenvalue weighted by Crippen LogP contribution is 2.54. The number of anilines is 1. The Bertz CT molecular complexity index is 1310. The topological polar surface area (TPSA) is 140 Å². The molecule has 37 heavy (non-hydrogen) atoms. The van der Waals surface area contributed by atoms with Gasteiger partial charge in [-0.15, -0.1) is 0 Å². The highest BCUT2D eigenvalue weighted by molar-refractivity contribution is 6.15. The van der Waals surface area contributed by atoms with Crippen molar-refractivity contribution in [3.05, 3.63) is 53.1 Å². The normalized spacial score (nSPS) is 25.9. The van der Waals surface area contributed by atoms with E-state index >= 15 is 0 Å². The van der Waals surface area contributed by atoms with Crippen LogP contribution in [0.3, 0.4) is 0 Å². The van der Waals surface area contributed by atoms with Crippen molar-refractivity contribution < 1.29 is 28.7 Å². The van der Waals surface area contributed by atoms with Gasteiger partial charge in [-0.05, 0) is 36.1 Å². The number of nitrogens with one attached hydrogen (secondary N) is 2. The number of para-hydroxylation sites is 1. The fraction of sp³-hybridized carbons (Fsp3) is 0.407. The fourth-order valence-corrected chi connectivity index (χ4v) is 6.13. The number of nitrogens with two attached hydrogens (primary N) is 1. The minimum atomic E-state index is -1.45. The summed E-state index contributed by atoms with van der Waals surface area (Å²) in [6.45, 7) is 2.11. The number of benzene rings is 2. The molecule has 10 heteroatoms. The molecule has 0 aliphatic carbocycles. The summed E-state index contributed by atoms with van der Waals surface area (Å²) in [4.78, 5) is 54.2. The molecule has 3 aliphatic heterocycles. The lowest BCUT2D eigenvalue weighted by Gasteiger charge is -2.29. The Morgan fingerprint density at radius 1 is 1.08 bits per heavy atom. The number of hydrogen-bond acceptors (Lipinski definition) is 7. The van der Waals surface area contributed by atoms with Crippen molar-refractivity contribution in [1.82, 2.24) is 10.2 Å². The average Bonchev–Trinajstić information content (AvgIpc) is 3.46. The zero-order valence-electron chi connectivity index (χ0n) is 21.0. The summed E-state index contributed by atoms with van der Waals surface area (Å²) in [5.41, 5.74) is 7.13. The largest absolute Gasteiger partial charge is 0.493 e. The van der Waals surface area contributed by atoms with Gasteiger partial charge in [0.25, 0.3) is 0 Å².